The Kier molecular flexibility index (Phi) is 4.86. The number of carbonyl (C=O) groups is 2. The minimum atomic E-state index is -0.521. The number of benzene rings is 2. The molecular weight excluding hydrogens is 324 g/mol. The van der Waals surface area contributed by atoms with E-state index in [-0.39, 0.29) is 18.6 Å². The Morgan fingerprint density at radius 1 is 1.21 bits per heavy atom. The first-order valence-electron chi connectivity index (χ1n) is 7.48. The third kappa shape index (κ3) is 3.78. The van der Waals surface area contributed by atoms with Crippen molar-refractivity contribution < 1.29 is 14.3 Å². The topological polar surface area (TPSA) is 68.3 Å². The molecule has 0 aliphatic rings. The molecule has 0 aliphatic carbocycles. The van der Waals surface area contributed by atoms with Gasteiger partial charge in [0.25, 0.3) is 5.91 Å². The molecule has 2 aromatic carbocycles. The fraction of sp³-hybridized carbons (Fsp3) is 0.167. The van der Waals surface area contributed by atoms with Gasteiger partial charge in [-0.25, -0.2) is 9.78 Å². The van der Waals surface area contributed by atoms with E-state index in [0.717, 1.165) is 15.8 Å². The Bertz CT molecular complexity index is 861. The van der Waals surface area contributed by atoms with Gasteiger partial charge in [-0.05, 0) is 30.7 Å². The molecule has 0 unspecified atom stereocenters. The monoisotopic (exact) mass is 340 g/mol. The highest BCUT2D eigenvalue weighted by Crippen LogP contribution is 2.19. The number of rotatable bonds is 5. The molecule has 24 heavy (non-hydrogen) atoms. The van der Waals surface area contributed by atoms with Gasteiger partial charge in [0.2, 0.25) is 0 Å². The Morgan fingerprint density at radius 2 is 2.00 bits per heavy atom. The van der Waals surface area contributed by atoms with E-state index < -0.39 is 5.97 Å². The van der Waals surface area contributed by atoms with Crippen LogP contribution in [0.3, 0.4) is 0 Å². The number of carbonyl (C=O) groups excluding carboxylic acids is 2. The highest BCUT2D eigenvalue weighted by atomic mass is 32.1. The second-order valence-corrected chi connectivity index (χ2v) is 6.20. The lowest BCUT2D eigenvalue weighted by atomic mass is 10.1. The first-order chi connectivity index (χ1) is 11.6. The smallest absolute Gasteiger partial charge is 0.338 e. The van der Waals surface area contributed by atoms with Crippen LogP contribution in [0.5, 0.6) is 0 Å². The second-order valence-electron chi connectivity index (χ2n) is 5.31. The Labute approximate surface area is 143 Å². The van der Waals surface area contributed by atoms with Gasteiger partial charge >= 0.3 is 5.97 Å². The van der Waals surface area contributed by atoms with E-state index in [2.05, 4.69) is 10.3 Å². The molecule has 3 rings (SSSR count). The number of ether oxygens (including phenoxy) is 1. The van der Waals surface area contributed by atoms with E-state index in [9.17, 15) is 9.59 Å². The van der Waals surface area contributed by atoms with Crippen LogP contribution < -0.4 is 5.32 Å². The molecule has 1 heterocycles. The lowest BCUT2D eigenvalue weighted by molar-refractivity contribution is -0.124. The number of fused-ring (bicyclic) bond motifs is 1. The van der Waals surface area contributed by atoms with E-state index in [4.69, 9.17) is 4.74 Å². The third-order valence-electron chi connectivity index (χ3n) is 3.58. The lowest BCUT2D eigenvalue weighted by Gasteiger charge is -2.14. The number of amides is 1. The summed E-state index contributed by atoms with van der Waals surface area (Å²) in [6.45, 7) is 1.57. The SMILES string of the molecule is C[C@@H](NC(=O)COC(=O)c1ccc2ncsc2c1)c1ccccc1. The number of hydrogen-bond acceptors (Lipinski definition) is 5. The van der Waals surface area contributed by atoms with Gasteiger partial charge in [0.15, 0.2) is 6.61 Å². The molecule has 6 heteroatoms. The van der Waals surface area contributed by atoms with Gasteiger partial charge in [-0.1, -0.05) is 30.3 Å². The van der Waals surface area contributed by atoms with Crippen LogP contribution in [0.4, 0.5) is 0 Å². The van der Waals surface area contributed by atoms with Gasteiger partial charge in [-0.2, -0.15) is 0 Å². The van der Waals surface area contributed by atoms with Crippen molar-refractivity contribution in [1.29, 1.82) is 0 Å². The molecule has 0 spiro atoms. The van der Waals surface area contributed by atoms with Gasteiger partial charge < -0.3 is 10.1 Å². The summed E-state index contributed by atoms with van der Waals surface area (Å²) in [5, 5.41) is 2.80. The van der Waals surface area contributed by atoms with Gasteiger partial charge in [0, 0.05) is 0 Å². The van der Waals surface area contributed by atoms with Crippen molar-refractivity contribution in [2.75, 3.05) is 6.61 Å². The number of hydrogen-bond donors (Lipinski definition) is 1. The van der Waals surface area contributed by atoms with E-state index in [0.29, 0.717) is 5.56 Å². The van der Waals surface area contributed by atoms with Crippen LogP contribution >= 0.6 is 11.3 Å². The maximum Gasteiger partial charge on any atom is 0.338 e. The van der Waals surface area contributed by atoms with Crippen molar-refractivity contribution in [2.45, 2.75) is 13.0 Å². The number of thiazole rings is 1. The van der Waals surface area contributed by atoms with Gasteiger partial charge in [0.1, 0.15) is 0 Å². The molecule has 0 fully saturated rings. The molecule has 1 N–H and O–H groups in total. The fourth-order valence-corrected chi connectivity index (χ4v) is 3.02. The maximum absolute atomic E-state index is 12.1. The normalized spacial score (nSPS) is 11.9. The summed E-state index contributed by atoms with van der Waals surface area (Å²) >= 11 is 1.45. The van der Waals surface area contributed by atoms with E-state index in [1.54, 1.807) is 23.7 Å². The van der Waals surface area contributed by atoms with Crippen LogP contribution in [0.1, 0.15) is 28.9 Å². The number of aromatic nitrogens is 1. The maximum atomic E-state index is 12.1. The largest absolute Gasteiger partial charge is 0.452 e. The standard InChI is InChI=1S/C18H16N2O3S/c1-12(13-5-3-2-4-6-13)20-17(21)10-23-18(22)14-7-8-15-16(9-14)24-11-19-15/h2-9,11-12H,10H2,1H3,(H,20,21)/t12-/m1/s1. The van der Waals surface area contributed by atoms with Gasteiger partial charge in [-0.15, -0.1) is 11.3 Å². The molecule has 0 aliphatic heterocycles. The molecule has 0 saturated carbocycles. The molecule has 122 valence electrons. The molecule has 1 aromatic heterocycles. The Balaban J connectivity index is 1.54. The summed E-state index contributed by atoms with van der Waals surface area (Å²) in [5.74, 6) is -0.855. The molecule has 5 nitrogen and oxygen atoms in total. The Hall–Kier alpha value is -2.73. The highest BCUT2D eigenvalue weighted by molar-refractivity contribution is 7.16. The van der Waals surface area contributed by atoms with Crippen LogP contribution in [0.15, 0.2) is 54.0 Å². The van der Waals surface area contributed by atoms with Crippen molar-refractivity contribution >= 4 is 33.4 Å². The minimum absolute atomic E-state index is 0.147. The lowest BCUT2D eigenvalue weighted by Crippen LogP contribution is -2.31. The summed E-state index contributed by atoms with van der Waals surface area (Å²) in [6.07, 6.45) is 0. The first kappa shape index (κ1) is 16.1. The summed E-state index contributed by atoms with van der Waals surface area (Å²) < 4.78 is 5.99. The molecular formula is C18H16N2O3S. The Morgan fingerprint density at radius 3 is 2.79 bits per heavy atom. The van der Waals surface area contributed by atoms with Crippen LogP contribution in [-0.4, -0.2) is 23.5 Å². The quantitative estimate of drug-likeness (QED) is 0.723. The predicted molar refractivity (Wildman–Crippen MR) is 92.9 cm³/mol. The van der Waals surface area contributed by atoms with Crippen molar-refractivity contribution in [3.05, 3.63) is 65.2 Å². The highest BCUT2D eigenvalue weighted by Gasteiger charge is 2.13. The molecule has 0 radical (unpaired) electrons. The summed E-state index contributed by atoms with van der Waals surface area (Å²) in [7, 11) is 0. The second kappa shape index (κ2) is 7.23. The van der Waals surface area contributed by atoms with E-state index >= 15 is 0 Å². The zero-order chi connectivity index (χ0) is 16.9. The number of esters is 1. The minimum Gasteiger partial charge on any atom is -0.452 e. The molecule has 3 aromatic rings. The first-order valence-corrected chi connectivity index (χ1v) is 8.36. The number of nitrogens with zero attached hydrogens (tertiary/aromatic N) is 1. The summed E-state index contributed by atoms with van der Waals surface area (Å²) in [6, 6.07) is 14.6. The van der Waals surface area contributed by atoms with Crippen molar-refractivity contribution in [3.63, 3.8) is 0 Å². The van der Waals surface area contributed by atoms with E-state index in [1.165, 1.54) is 11.3 Å². The van der Waals surface area contributed by atoms with Gasteiger partial charge in [0.05, 0.1) is 27.3 Å². The zero-order valence-corrected chi connectivity index (χ0v) is 13.9. The molecule has 1 atom stereocenters. The van der Waals surface area contributed by atoms with Crippen LogP contribution in [0.2, 0.25) is 0 Å². The predicted octanol–water partition coefficient (Wildman–Crippen LogP) is 3.33. The molecule has 1 amide bonds. The van der Waals surface area contributed by atoms with Crippen LogP contribution in [0.25, 0.3) is 10.2 Å². The average Bonchev–Trinajstić information content (AvgIpc) is 3.08. The van der Waals surface area contributed by atoms with Crippen molar-refractivity contribution in [1.82, 2.24) is 10.3 Å². The summed E-state index contributed by atoms with van der Waals surface area (Å²) in [4.78, 5) is 28.1. The average molecular weight is 340 g/mol. The third-order valence-corrected chi connectivity index (χ3v) is 4.37. The van der Waals surface area contributed by atoms with Crippen LogP contribution in [0, 0.1) is 0 Å². The molecule has 0 bridgehead atoms. The van der Waals surface area contributed by atoms with Crippen LogP contribution in [-0.2, 0) is 9.53 Å². The zero-order valence-electron chi connectivity index (χ0n) is 13.1. The number of nitrogens with one attached hydrogen (secondary N) is 1. The van der Waals surface area contributed by atoms with Crippen molar-refractivity contribution in [2.24, 2.45) is 0 Å². The van der Waals surface area contributed by atoms with Crippen molar-refractivity contribution in [3.8, 4) is 0 Å². The fourth-order valence-electron chi connectivity index (χ4n) is 2.30. The van der Waals surface area contributed by atoms with E-state index in [1.807, 2.05) is 37.3 Å². The van der Waals surface area contributed by atoms with Gasteiger partial charge in [-0.3, -0.25) is 4.79 Å². The molecule has 0 saturated heterocycles. The summed E-state index contributed by atoms with van der Waals surface area (Å²) in [5.41, 5.74) is 3.97.